The number of rotatable bonds is 4. The van der Waals surface area contributed by atoms with Crippen molar-refractivity contribution in [2.75, 3.05) is 0 Å². The number of carbonyl (C=O) groups is 1. The zero-order chi connectivity index (χ0) is 12.3. The van der Waals surface area contributed by atoms with Crippen molar-refractivity contribution < 1.29 is 23.2 Å². The number of hydrogen-bond donors (Lipinski definition) is 0. The number of nitro groups is 1. The lowest BCUT2D eigenvalue weighted by Crippen LogP contribution is -2.06. The van der Waals surface area contributed by atoms with Gasteiger partial charge in [0.2, 0.25) is 5.75 Å². The molecule has 0 unspecified atom stereocenters. The van der Waals surface area contributed by atoms with Crippen molar-refractivity contribution >= 4 is 12.0 Å². The van der Waals surface area contributed by atoms with Crippen LogP contribution in [0.1, 0.15) is 15.9 Å². The summed E-state index contributed by atoms with van der Waals surface area (Å²) in [6, 6.07) is 2.12. The third-order valence-corrected chi connectivity index (χ3v) is 1.82. The minimum absolute atomic E-state index is 0.0332. The maximum Gasteiger partial charge on any atom is 0.387 e. The van der Waals surface area contributed by atoms with Crippen LogP contribution in [0.15, 0.2) is 12.1 Å². The standard InChI is InChI=1S/C9H7F2NO4/c1-5-2-6(4-13)3-7(12(14)15)8(5)16-9(10)11/h2-4,9H,1H3. The highest BCUT2D eigenvalue weighted by Crippen LogP contribution is 2.32. The molecule has 0 aromatic heterocycles. The number of alkyl halides is 2. The molecule has 0 bridgehead atoms. The molecule has 0 saturated carbocycles. The smallest absolute Gasteiger partial charge is 0.387 e. The lowest BCUT2D eigenvalue weighted by atomic mass is 10.1. The Labute approximate surface area is 88.8 Å². The first kappa shape index (κ1) is 12.0. The van der Waals surface area contributed by atoms with E-state index in [1.165, 1.54) is 13.0 Å². The van der Waals surface area contributed by atoms with Crippen LogP contribution in [0.2, 0.25) is 0 Å². The Morgan fingerprint density at radius 1 is 1.50 bits per heavy atom. The van der Waals surface area contributed by atoms with E-state index in [9.17, 15) is 23.7 Å². The summed E-state index contributed by atoms with van der Waals surface area (Å²) in [4.78, 5) is 20.2. The minimum atomic E-state index is -3.15. The summed E-state index contributed by atoms with van der Waals surface area (Å²) in [6.45, 7) is -1.81. The van der Waals surface area contributed by atoms with Crippen LogP contribution in [0.4, 0.5) is 14.5 Å². The Hall–Kier alpha value is -2.05. The fourth-order valence-electron chi connectivity index (χ4n) is 1.23. The molecule has 1 aromatic rings. The van der Waals surface area contributed by atoms with Gasteiger partial charge >= 0.3 is 12.3 Å². The third-order valence-electron chi connectivity index (χ3n) is 1.82. The van der Waals surface area contributed by atoms with Gasteiger partial charge in [-0.2, -0.15) is 8.78 Å². The lowest BCUT2D eigenvalue weighted by Gasteiger charge is -2.08. The number of benzene rings is 1. The van der Waals surface area contributed by atoms with Gasteiger partial charge in [0.15, 0.2) is 0 Å². The van der Waals surface area contributed by atoms with Crippen molar-refractivity contribution in [3.8, 4) is 5.75 Å². The van der Waals surface area contributed by atoms with E-state index < -0.39 is 23.0 Å². The number of nitro benzene ring substituents is 1. The second kappa shape index (κ2) is 4.65. The van der Waals surface area contributed by atoms with Crippen LogP contribution >= 0.6 is 0 Å². The summed E-state index contributed by atoms with van der Waals surface area (Å²) >= 11 is 0. The van der Waals surface area contributed by atoms with Crippen LogP contribution in [0, 0.1) is 17.0 Å². The van der Waals surface area contributed by atoms with E-state index in [1.807, 2.05) is 0 Å². The van der Waals surface area contributed by atoms with Crippen molar-refractivity contribution in [3.05, 3.63) is 33.4 Å². The van der Waals surface area contributed by atoms with Crippen molar-refractivity contribution in [1.29, 1.82) is 0 Å². The second-order valence-corrected chi connectivity index (χ2v) is 2.94. The molecule has 0 heterocycles. The predicted molar refractivity (Wildman–Crippen MR) is 49.9 cm³/mol. The number of nitrogens with zero attached hydrogens (tertiary/aromatic N) is 1. The Balaban J connectivity index is 3.33. The number of ether oxygens (including phenoxy) is 1. The number of carbonyl (C=O) groups excluding carboxylic acids is 1. The fraction of sp³-hybridized carbons (Fsp3) is 0.222. The minimum Gasteiger partial charge on any atom is -0.427 e. The van der Waals surface area contributed by atoms with Gasteiger partial charge < -0.3 is 4.74 Å². The quantitative estimate of drug-likeness (QED) is 0.453. The van der Waals surface area contributed by atoms with Crippen molar-refractivity contribution in [1.82, 2.24) is 0 Å². The second-order valence-electron chi connectivity index (χ2n) is 2.94. The van der Waals surface area contributed by atoms with E-state index in [4.69, 9.17) is 0 Å². The largest absolute Gasteiger partial charge is 0.427 e. The van der Waals surface area contributed by atoms with Gasteiger partial charge in [0.25, 0.3) is 0 Å². The molecule has 0 spiro atoms. The molecule has 86 valence electrons. The average molecular weight is 231 g/mol. The number of aryl methyl sites for hydroxylation is 1. The van der Waals surface area contributed by atoms with E-state index in [0.29, 0.717) is 6.29 Å². The van der Waals surface area contributed by atoms with Gasteiger partial charge in [0.05, 0.1) is 4.92 Å². The van der Waals surface area contributed by atoms with Crippen molar-refractivity contribution in [2.45, 2.75) is 13.5 Å². The molecule has 0 aliphatic carbocycles. The number of halogens is 2. The Morgan fingerprint density at radius 3 is 2.56 bits per heavy atom. The summed E-state index contributed by atoms with van der Waals surface area (Å²) in [6.07, 6.45) is 0.395. The molecular formula is C9H7F2NO4. The van der Waals surface area contributed by atoms with Crippen LogP contribution in [0.3, 0.4) is 0 Å². The van der Waals surface area contributed by atoms with Crippen LogP contribution in [-0.2, 0) is 0 Å². The van der Waals surface area contributed by atoms with Crippen LogP contribution in [-0.4, -0.2) is 17.8 Å². The zero-order valence-electron chi connectivity index (χ0n) is 8.15. The van der Waals surface area contributed by atoms with Crippen LogP contribution in [0.5, 0.6) is 5.75 Å². The summed E-state index contributed by atoms with van der Waals surface area (Å²) < 4.78 is 28.1. The highest BCUT2D eigenvalue weighted by Gasteiger charge is 2.22. The average Bonchev–Trinajstić information content (AvgIpc) is 2.19. The summed E-state index contributed by atoms with van der Waals surface area (Å²) in [5, 5.41) is 10.6. The molecule has 5 nitrogen and oxygen atoms in total. The molecule has 0 radical (unpaired) electrons. The first-order valence-electron chi connectivity index (χ1n) is 4.14. The summed E-state index contributed by atoms with van der Waals surface area (Å²) in [5.41, 5.74) is -0.509. The molecule has 0 N–H and O–H groups in total. The first-order chi connectivity index (χ1) is 7.45. The van der Waals surface area contributed by atoms with Gasteiger partial charge in [-0.25, -0.2) is 0 Å². The molecule has 0 atom stereocenters. The molecule has 7 heteroatoms. The van der Waals surface area contributed by atoms with E-state index in [2.05, 4.69) is 4.74 Å². The monoisotopic (exact) mass is 231 g/mol. The number of hydrogen-bond acceptors (Lipinski definition) is 4. The predicted octanol–water partition coefficient (Wildman–Crippen LogP) is 2.32. The Bertz CT molecular complexity index is 434. The Kier molecular flexibility index (Phi) is 3.49. The van der Waals surface area contributed by atoms with Gasteiger partial charge in [-0.05, 0) is 18.6 Å². The van der Waals surface area contributed by atoms with Crippen LogP contribution in [0.25, 0.3) is 0 Å². The SMILES string of the molecule is Cc1cc(C=O)cc([N+](=O)[O-])c1OC(F)F. The normalized spacial score (nSPS) is 10.2. The van der Waals surface area contributed by atoms with Gasteiger partial charge in [-0.3, -0.25) is 14.9 Å². The topological polar surface area (TPSA) is 69.4 Å². The first-order valence-corrected chi connectivity index (χ1v) is 4.14. The highest BCUT2D eigenvalue weighted by atomic mass is 19.3. The van der Waals surface area contributed by atoms with E-state index in [1.54, 1.807) is 0 Å². The van der Waals surface area contributed by atoms with E-state index in [0.717, 1.165) is 6.07 Å². The zero-order valence-corrected chi connectivity index (χ0v) is 8.15. The van der Waals surface area contributed by atoms with E-state index >= 15 is 0 Å². The molecule has 0 amide bonds. The van der Waals surface area contributed by atoms with Crippen LogP contribution < -0.4 is 4.74 Å². The summed E-state index contributed by atoms with van der Waals surface area (Å²) in [7, 11) is 0. The lowest BCUT2D eigenvalue weighted by molar-refractivity contribution is -0.386. The van der Waals surface area contributed by atoms with Gasteiger partial charge in [0.1, 0.15) is 6.29 Å². The molecular weight excluding hydrogens is 224 g/mol. The molecule has 0 aliphatic rings. The van der Waals surface area contributed by atoms with Gasteiger partial charge in [0, 0.05) is 11.6 Å². The maximum absolute atomic E-state index is 12.0. The molecule has 16 heavy (non-hydrogen) atoms. The fourth-order valence-corrected chi connectivity index (χ4v) is 1.23. The molecule has 0 aliphatic heterocycles. The molecule has 0 fully saturated rings. The number of aldehydes is 1. The van der Waals surface area contributed by atoms with Crippen molar-refractivity contribution in [2.24, 2.45) is 0 Å². The molecule has 1 aromatic carbocycles. The molecule has 1 rings (SSSR count). The van der Waals surface area contributed by atoms with Crippen molar-refractivity contribution in [3.63, 3.8) is 0 Å². The van der Waals surface area contributed by atoms with E-state index in [-0.39, 0.29) is 11.1 Å². The molecule has 0 saturated heterocycles. The Morgan fingerprint density at radius 2 is 2.12 bits per heavy atom. The maximum atomic E-state index is 12.0. The van der Waals surface area contributed by atoms with Gasteiger partial charge in [-0.1, -0.05) is 0 Å². The third kappa shape index (κ3) is 2.50. The summed E-state index contributed by atoms with van der Waals surface area (Å²) in [5.74, 6) is -0.523. The highest BCUT2D eigenvalue weighted by molar-refractivity contribution is 5.78. The van der Waals surface area contributed by atoms with Gasteiger partial charge in [-0.15, -0.1) is 0 Å².